The topological polar surface area (TPSA) is 132 Å². The molecule has 177 valence electrons. The molecule has 1 saturated heterocycles. The number of phosphoric acid groups is 1. The first-order valence-corrected chi connectivity index (χ1v) is 11.6. The molecular weight excluding hydrogens is 474 g/mol. The number of urea groups is 1. The van der Waals surface area contributed by atoms with Crippen LogP contribution < -0.4 is 4.74 Å². The first kappa shape index (κ1) is 28.1. The monoisotopic (exact) mass is 499 g/mol. The number of methoxy groups -OCH3 is 1. The van der Waals surface area contributed by atoms with E-state index in [0.29, 0.717) is 11.6 Å². The molecule has 0 bridgehead atoms. The van der Waals surface area contributed by atoms with Crippen molar-refractivity contribution in [1.82, 2.24) is 14.7 Å². The quantitative estimate of drug-likeness (QED) is 0.220. The standard InChI is InChI=1S/C21H25N4O7P.Na/c1-4-11-25-20(26)18-19(24(21(25)27)12-6-13-32-33(28,29)30)22-17(23(18)2)10-9-15-7-5-8-16(14-15)31-3;/h1,5,7-10,14,18-19H,6,11-13H2,2-3H3,(H2,28,29,30);/b10-9+;. The Kier molecular flexibility index (Phi) is 9.91. The molecule has 0 saturated carbocycles. The van der Waals surface area contributed by atoms with Crippen LogP contribution in [0.2, 0.25) is 0 Å². The van der Waals surface area contributed by atoms with Gasteiger partial charge in [0.25, 0.3) is 5.91 Å². The molecule has 2 aliphatic heterocycles. The number of aliphatic imine (C=N–C) groups is 1. The number of rotatable bonds is 9. The molecule has 1 radical (unpaired) electrons. The van der Waals surface area contributed by atoms with Crippen LogP contribution in [0.4, 0.5) is 4.79 Å². The van der Waals surface area contributed by atoms with Crippen LogP contribution in [0.1, 0.15) is 12.0 Å². The Balaban J connectivity index is 0.00000408. The van der Waals surface area contributed by atoms with Crippen molar-refractivity contribution < 1.29 is 33.2 Å². The number of benzene rings is 1. The molecule has 2 atom stereocenters. The second kappa shape index (κ2) is 12.0. The fourth-order valence-electron chi connectivity index (χ4n) is 3.65. The number of nitrogens with zero attached hydrogens (tertiary/aromatic N) is 4. The van der Waals surface area contributed by atoms with E-state index in [1.165, 1.54) is 4.90 Å². The molecule has 3 amide bonds. The third-order valence-electron chi connectivity index (χ3n) is 5.21. The summed E-state index contributed by atoms with van der Waals surface area (Å²) in [6.07, 6.45) is 8.24. The summed E-state index contributed by atoms with van der Waals surface area (Å²) in [5, 5.41) is 0. The molecule has 2 N–H and O–H groups in total. The summed E-state index contributed by atoms with van der Waals surface area (Å²) in [4.78, 5) is 52.3. The van der Waals surface area contributed by atoms with Crippen molar-refractivity contribution in [3.63, 3.8) is 0 Å². The van der Waals surface area contributed by atoms with Gasteiger partial charge in [-0.2, -0.15) is 0 Å². The van der Waals surface area contributed by atoms with E-state index in [0.717, 1.165) is 10.5 Å². The van der Waals surface area contributed by atoms with Crippen LogP contribution in [0.15, 0.2) is 35.3 Å². The maximum atomic E-state index is 13.0. The van der Waals surface area contributed by atoms with Gasteiger partial charge in [-0.15, -0.1) is 6.42 Å². The number of terminal acetylenes is 1. The summed E-state index contributed by atoms with van der Waals surface area (Å²) < 4.78 is 20.6. The van der Waals surface area contributed by atoms with Gasteiger partial charge in [-0.25, -0.2) is 14.4 Å². The molecule has 1 aromatic rings. The Labute approximate surface area is 219 Å². The van der Waals surface area contributed by atoms with Crippen LogP contribution in [0, 0.1) is 12.3 Å². The molecule has 3 rings (SSSR count). The Morgan fingerprint density at radius 3 is 2.68 bits per heavy atom. The minimum absolute atomic E-state index is 0. The number of ether oxygens (including phenoxy) is 1. The predicted octanol–water partition coefficient (Wildman–Crippen LogP) is 0.763. The molecule has 34 heavy (non-hydrogen) atoms. The van der Waals surface area contributed by atoms with E-state index in [2.05, 4.69) is 15.4 Å². The number of phosphoric ester groups is 1. The van der Waals surface area contributed by atoms with Gasteiger partial charge in [-0.3, -0.25) is 19.1 Å². The molecule has 0 aromatic heterocycles. The van der Waals surface area contributed by atoms with E-state index in [9.17, 15) is 14.2 Å². The van der Waals surface area contributed by atoms with Crippen LogP contribution in [0.25, 0.3) is 6.08 Å². The molecule has 11 nitrogen and oxygen atoms in total. The number of hydrogen-bond acceptors (Lipinski definition) is 7. The van der Waals surface area contributed by atoms with Crippen molar-refractivity contribution in [3.8, 4) is 18.1 Å². The molecule has 0 spiro atoms. The Morgan fingerprint density at radius 1 is 1.29 bits per heavy atom. The molecule has 13 heteroatoms. The van der Waals surface area contributed by atoms with E-state index in [1.807, 2.05) is 30.3 Å². The van der Waals surface area contributed by atoms with Crippen LogP contribution in [0.5, 0.6) is 5.75 Å². The van der Waals surface area contributed by atoms with Gasteiger partial charge in [0.2, 0.25) is 0 Å². The molecular formula is C21H25N4NaO7P. The summed E-state index contributed by atoms with van der Waals surface area (Å²) in [5.41, 5.74) is 0.864. The Hall–Kier alpha value is -2.16. The largest absolute Gasteiger partial charge is 0.497 e. The summed E-state index contributed by atoms with van der Waals surface area (Å²) in [7, 11) is -1.34. The number of imide groups is 1. The summed E-state index contributed by atoms with van der Waals surface area (Å²) >= 11 is 0. The van der Waals surface area contributed by atoms with Crippen molar-refractivity contribution in [1.29, 1.82) is 0 Å². The number of likely N-dealkylation sites (N-methyl/N-ethyl adjacent to an activating group) is 1. The Bertz CT molecular complexity index is 1070. The van der Waals surface area contributed by atoms with Gasteiger partial charge < -0.3 is 19.4 Å². The third-order valence-corrected chi connectivity index (χ3v) is 5.73. The van der Waals surface area contributed by atoms with Crippen molar-refractivity contribution in [2.45, 2.75) is 18.6 Å². The summed E-state index contributed by atoms with van der Waals surface area (Å²) in [6, 6.07) is 6.02. The maximum absolute atomic E-state index is 13.0. The maximum Gasteiger partial charge on any atom is 0.469 e. The summed E-state index contributed by atoms with van der Waals surface area (Å²) in [6.45, 7) is -0.394. The number of amides is 3. The fourth-order valence-corrected chi connectivity index (χ4v) is 4.02. The minimum Gasteiger partial charge on any atom is -0.497 e. The van der Waals surface area contributed by atoms with Crippen molar-refractivity contribution in [3.05, 3.63) is 35.9 Å². The van der Waals surface area contributed by atoms with Crippen molar-refractivity contribution in [2.24, 2.45) is 4.99 Å². The van der Waals surface area contributed by atoms with E-state index < -0.39 is 32.0 Å². The molecule has 1 aromatic carbocycles. The third kappa shape index (κ3) is 6.49. The predicted molar refractivity (Wildman–Crippen MR) is 126 cm³/mol. The van der Waals surface area contributed by atoms with Gasteiger partial charge >= 0.3 is 13.9 Å². The number of fused-ring (bicyclic) bond motifs is 1. The van der Waals surface area contributed by atoms with Gasteiger partial charge in [0.1, 0.15) is 11.6 Å². The second-order valence-electron chi connectivity index (χ2n) is 7.35. The zero-order valence-electron chi connectivity index (χ0n) is 19.2. The number of hydrogen-bond donors (Lipinski definition) is 2. The number of amidine groups is 1. The van der Waals surface area contributed by atoms with Gasteiger partial charge in [0.15, 0.2) is 12.2 Å². The van der Waals surface area contributed by atoms with Crippen molar-refractivity contribution in [2.75, 3.05) is 33.9 Å². The summed E-state index contributed by atoms with van der Waals surface area (Å²) in [5.74, 6) is 3.05. The molecule has 2 heterocycles. The van der Waals surface area contributed by atoms with Gasteiger partial charge in [0.05, 0.1) is 20.3 Å². The van der Waals surface area contributed by atoms with Gasteiger partial charge in [0, 0.05) is 43.1 Å². The fraction of sp³-hybridized carbons (Fsp3) is 0.381. The second-order valence-corrected chi connectivity index (χ2v) is 8.59. The smallest absolute Gasteiger partial charge is 0.469 e. The van der Waals surface area contributed by atoms with Crippen LogP contribution in [-0.4, -0.2) is 118 Å². The molecule has 2 aliphatic rings. The zero-order valence-corrected chi connectivity index (χ0v) is 22.1. The average Bonchev–Trinajstić information content (AvgIpc) is 3.10. The van der Waals surface area contributed by atoms with E-state index in [1.54, 1.807) is 25.1 Å². The van der Waals surface area contributed by atoms with Crippen LogP contribution >= 0.6 is 7.82 Å². The van der Waals surface area contributed by atoms with E-state index in [-0.39, 0.29) is 55.7 Å². The normalized spacial score (nSPS) is 20.2. The number of carbonyl (C=O) groups excluding carboxylic acids is 2. The van der Waals surface area contributed by atoms with Gasteiger partial charge in [-0.1, -0.05) is 24.1 Å². The first-order chi connectivity index (χ1) is 15.7. The minimum atomic E-state index is -4.62. The van der Waals surface area contributed by atoms with Crippen LogP contribution in [0.3, 0.4) is 0 Å². The molecule has 2 unspecified atom stereocenters. The SMILES string of the molecule is C#CCN1C(=O)C2C(N=C(/C=C/c3cccc(OC)c3)N2C)N(CCCOP(=O)(O)O)C1=O.[Na]. The molecule has 1 fully saturated rings. The van der Waals surface area contributed by atoms with Crippen molar-refractivity contribution >= 4 is 61.2 Å². The number of carbonyl (C=O) groups is 2. The average molecular weight is 499 g/mol. The first-order valence-electron chi connectivity index (χ1n) is 10.0. The zero-order chi connectivity index (χ0) is 24.2. The molecule has 0 aliphatic carbocycles. The van der Waals surface area contributed by atoms with Gasteiger partial charge in [-0.05, 0) is 30.2 Å². The van der Waals surface area contributed by atoms with E-state index >= 15 is 0 Å². The Morgan fingerprint density at radius 2 is 2.03 bits per heavy atom. The van der Waals surface area contributed by atoms with Crippen LogP contribution in [-0.2, 0) is 13.9 Å². The van der Waals surface area contributed by atoms with E-state index in [4.69, 9.17) is 20.9 Å².